The average molecular weight is 446 g/mol. The van der Waals surface area contributed by atoms with Gasteiger partial charge in [0.05, 0.1) is 50.0 Å². The quantitative estimate of drug-likeness (QED) is 0.560. The van der Waals surface area contributed by atoms with Crippen LogP contribution in [-0.2, 0) is 21.6 Å². The maximum absolute atomic E-state index is 15.0. The Morgan fingerprint density at radius 1 is 1.24 bits per heavy atom. The Morgan fingerprint density at radius 2 is 2.09 bits per heavy atom. The molecular formula is C23H19FN6O3. The molecule has 6 rings (SSSR count). The molecule has 4 heterocycles. The van der Waals surface area contributed by atoms with Crippen LogP contribution in [0.2, 0.25) is 0 Å². The third-order valence-electron chi connectivity index (χ3n) is 6.77. The van der Waals surface area contributed by atoms with Crippen LogP contribution in [0.3, 0.4) is 0 Å². The molecule has 1 aromatic carbocycles. The van der Waals surface area contributed by atoms with Gasteiger partial charge in [0, 0.05) is 23.5 Å². The zero-order chi connectivity index (χ0) is 22.6. The summed E-state index contributed by atoms with van der Waals surface area (Å²) in [5, 5.41) is 7.61. The number of nitrogens with zero attached hydrogens (tertiary/aromatic N) is 6. The van der Waals surface area contributed by atoms with Crippen LogP contribution in [0.25, 0.3) is 16.0 Å². The van der Waals surface area contributed by atoms with Crippen LogP contribution in [0.5, 0.6) is 0 Å². The third-order valence-corrected chi connectivity index (χ3v) is 6.77. The SMILES string of the molecule is [C-]#[N+]C1(c2ccc(-c3ccc(N4C[C@H](Cn5ccnn5)OC4=O)cc3F)cn2)[C@@H]2COC[C@@H]21. The predicted molar refractivity (Wildman–Crippen MR) is 113 cm³/mol. The summed E-state index contributed by atoms with van der Waals surface area (Å²) in [7, 11) is 0. The second-order valence-corrected chi connectivity index (χ2v) is 8.53. The number of hydrogen-bond donors (Lipinski definition) is 0. The van der Waals surface area contributed by atoms with E-state index in [1.54, 1.807) is 41.5 Å². The fourth-order valence-electron chi connectivity index (χ4n) is 5.00. The second kappa shape index (κ2) is 7.35. The molecule has 0 radical (unpaired) electrons. The van der Waals surface area contributed by atoms with E-state index in [1.165, 1.54) is 11.0 Å². The van der Waals surface area contributed by atoms with Crippen molar-refractivity contribution in [1.82, 2.24) is 20.0 Å². The zero-order valence-electron chi connectivity index (χ0n) is 17.5. The molecule has 1 aliphatic carbocycles. The first kappa shape index (κ1) is 19.8. The van der Waals surface area contributed by atoms with Crippen LogP contribution in [0, 0.1) is 24.2 Å². The van der Waals surface area contributed by atoms with Gasteiger partial charge in [-0.3, -0.25) is 9.88 Å². The molecule has 0 spiro atoms. The number of benzene rings is 1. The van der Waals surface area contributed by atoms with Gasteiger partial charge in [0.15, 0.2) is 0 Å². The van der Waals surface area contributed by atoms with Crippen LogP contribution < -0.4 is 4.90 Å². The average Bonchev–Trinajstić information content (AvgIpc) is 3.35. The van der Waals surface area contributed by atoms with E-state index in [4.69, 9.17) is 16.0 Å². The maximum Gasteiger partial charge on any atom is 0.414 e. The summed E-state index contributed by atoms with van der Waals surface area (Å²) in [5.74, 6) is -0.0814. The monoisotopic (exact) mass is 446 g/mol. The summed E-state index contributed by atoms with van der Waals surface area (Å²) < 4.78 is 27.4. The van der Waals surface area contributed by atoms with E-state index in [2.05, 4.69) is 20.1 Å². The number of aromatic nitrogens is 4. The first-order chi connectivity index (χ1) is 16.1. The normalized spacial score (nSPS) is 27.8. The number of fused-ring (bicyclic) bond motifs is 1. The highest BCUT2D eigenvalue weighted by atomic mass is 19.1. The van der Waals surface area contributed by atoms with Gasteiger partial charge in [-0.1, -0.05) is 11.3 Å². The molecule has 4 atom stereocenters. The number of halogens is 1. The van der Waals surface area contributed by atoms with Gasteiger partial charge < -0.3 is 14.3 Å². The van der Waals surface area contributed by atoms with Gasteiger partial charge in [-0.05, 0) is 24.3 Å². The molecule has 0 N–H and O–H groups in total. The minimum absolute atomic E-state index is 0.193. The van der Waals surface area contributed by atoms with Crippen LogP contribution in [0.15, 0.2) is 48.9 Å². The van der Waals surface area contributed by atoms with Gasteiger partial charge in [0.2, 0.25) is 0 Å². The van der Waals surface area contributed by atoms with E-state index in [0.29, 0.717) is 43.1 Å². The number of anilines is 1. The van der Waals surface area contributed by atoms with Gasteiger partial charge >= 0.3 is 6.09 Å². The van der Waals surface area contributed by atoms with Crippen molar-refractivity contribution in [3.8, 4) is 11.1 Å². The molecule has 2 aliphatic heterocycles. The molecule has 1 saturated carbocycles. The molecule has 166 valence electrons. The van der Waals surface area contributed by atoms with Crippen LogP contribution in [0.4, 0.5) is 14.9 Å². The van der Waals surface area contributed by atoms with E-state index in [0.717, 1.165) is 5.69 Å². The summed E-state index contributed by atoms with van der Waals surface area (Å²) in [6.45, 7) is 9.51. The van der Waals surface area contributed by atoms with E-state index in [9.17, 15) is 4.79 Å². The first-order valence-electron chi connectivity index (χ1n) is 10.6. The summed E-state index contributed by atoms with van der Waals surface area (Å²) >= 11 is 0. The van der Waals surface area contributed by atoms with Crippen molar-refractivity contribution in [2.75, 3.05) is 24.7 Å². The van der Waals surface area contributed by atoms with Crippen molar-refractivity contribution >= 4 is 11.8 Å². The number of pyridine rings is 1. The summed E-state index contributed by atoms with van der Waals surface area (Å²) in [5.41, 5.74) is 1.52. The summed E-state index contributed by atoms with van der Waals surface area (Å²) in [6.07, 6.45) is 3.92. The van der Waals surface area contributed by atoms with Gasteiger partial charge in [-0.2, -0.15) is 0 Å². The number of ether oxygens (including phenoxy) is 2. The molecule has 1 unspecified atom stereocenters. The smallest absolute Gasteiger partial charge is 0.414 e. The Morgan fingerprint density at radius 3 is 2.76 bits per heavy atom. The van der Waals surface area contributed by atoms with Crippen molar-refractivity contribution in [1.29, 1.82) is 0 Å². The third kappa shape index (κ3) is 3.08. The number of hydrogen-bond acceptors (Lipinski definition) is 6. The molecule has 10 heteroatoms. The van der Waals surface area contributed by atoms with E-state index in [1.807, 2.05) is 6.07 Å². The lowest BCUT2D eigenvalue weighted by Gasteiger charge is -2.15. The van der Waals surface area contributed by atoms with Gasteiger partial charge in [0.1, 0.15) is 17.6 Å². The Bertz CT molecular complexity index is 1250. The molecule has 2 aromatic heterocycles. The van der Waals surface area contributed by atoms with Gasteiger partial charge in [0.25, 0.3) is 5.54 Å². The number of carbonyl (C=O) groups excluding carboxylic acids is 1. The number of amides is 1. The molecule has 3 fully saturated rings. The van der Waals surface area contributed by atoms with Gasteiger partial charge in [-0.25, -0.2) is 20.4 Å². The first-order valence-corrected chi connectivity index (χ1v) is 10.6. The zero-order valence-corrected chi connectivity index (χ0v) is 17.5. The molecule has 1 amide bonds. The lowest BCUT2D eigenvalue weighted by molar-refractivity contribution is 0.129. The minimum Gasteiger partial charge on any atom is -0.442 e. The fraction of sp³-hybridized carbons (Fsp3) is 0.348. The predicted octanol–water partition coefficient (Wildman–Crippen LogP) is 2.90. The maximum atomic E-state index is 15.0. The molecule has 0 bridgehead atoms. The van der Waals surface area contributed by atoms with Crippen LogP contribution in [0.1, 0.15) is 5.69 Å². The number of cyclic esters (lactones) is 1. The summed E-state index contributed by atoms with van der Waals surface area (Å²) in [6, 6.07) is 8.25. The van der Waals surface area contributed by atoms with E-state index in [-0.39, 0.29) is 11.8 Å². The highest BCUT2D eigenvalue weighted by Crippen LogP contribution is 2.63. The lowest BCUT2D eigenvalue weighted by atomic mass is 10.0. The van der Waals surface area contributed by atoms with Crippen molar-refractivity contribution in [2.45, 2.75) is 18.2 Å². The molecule has 33 heavy (non-hydrogen) atoms. The Hall–Kier alpha value is -3.84. The largest absolute Gasteiger partial charge is 0.442 e. The van der Waals surface area contributed by atoms with Crippen molar-refractivity contribution < 1.29 is 18.7 Å². The fourth-order valence-corrected chi connectivity index (χ4v) is 5.00. The van der Waals surface area contributed by atoms with E-state index >= 15 is 4.39 Å². The minimum atomic E-state index is -0.599. The standard InChI is InChI=1S/C23H19FN6O3/c1-25-23(18-12-32-13-19(18)23)21-5-2-14(9-26-21)17-4-3-15(8-20(17)24)30-11-16(33-22(30)31)10-29-7-6-27-28-29/h2-9,16,18-19H,10-13H2/t16-,18-,19+,23?/m0/s1. The molecule has 3 aliphatic rings. The van der Waals surface area contributed by atoms with E-state index < -0.39 is 23.6 Å². The van der Waals surface area contributed by atoms with Crippen molar-refractivity contribution in [3.63, 3.8) is 0 Å². The number of rotatable bonds is 5. The molecule has 2 saturated heterocycles. The molecule has 9 nitrogen and oxygen atoms in total. The van der Waals surface area contributed by atoms with Gasteiger partial charge in [-0.15, -0.1) is 5.10 Å². The van der Waals surface area contributed by atoms with Crippen molar-refractivity contribution in [2.24, 2.45) is 11.8 Å². The highest BCUT2D eigenvalue weighted by Gasteiger charge is 2.77. The van der Waals surface area contributed by atoms with Crippen molar-refractivity contribution in [3.05, 3.63) is 71.9 Å². The van der Waals surface area contributed by atoms with Crippen LogP contribution >= 0.6 is 0 Å². The lowest BCUT2D eigenvalue weighted by Crippen LogP contribution is -2.26. The topological polar surface area (TPSA) is 86.7 Å². The second-order valence-electron chi connectivity index (χ2n) is 8.53. The van der Waals surface area contributed by atoms with Crippen LogP contribution in [-0.4, -0.2) is 51.9 Å². The Balaban J connectivity index is 1.20. The summed E-state index contributed by atoms with van der Waals surface area (Å²) in [4.78, 5) is 22.1. The molecular weight excluding hydrogens is 427 g/mol. The number of carbonyl (C=O) groups is 1. The Labute approximate surface area is 188 Å². The highest BCUT2D eigenvalue weighted by molar-refractivity contribution is 5.90. The Kier molecular flexibility index (Phi) is 4.41. The molecule has 3 aromatic rings.